The number of nitrogens with zero attached hydrogens (tertiary/aromatic N) is 2. The fourth-order valence-corrected chi connectivity index (χ4v) is 4.25. The summed E-state index contributed by atoms with van der Waals surface area (Å²) in [6.45, 7) is 4.98. The largest absolute Gasteiger partial charge is 0.377 e. The Hall–Kier alpha value is -2.41. The van der Waals surface area contributed by atoms with E-state index >= 15 is 0 Å². The number of nitrogens with one attached hydrogen (secondary N) is 1. The first-order valence-electron chi connectivity index (χ1n) is 8.58. The van der Waals surface area contributed by atoms with Crippen molar-refractivity contribution in [2.24, 2.45) is 5.41 Å². The standard InChI is InChI=1S/C18H21N3O4/c1-11(2)21-16(23)18(15(22)19-17(21)24)9-12-5-3-4-6-13(12)20-7-8-25-10-14(18)20/h3-6,11,14H,7-10H2,1-2H3,(H,19,22,24)/t14-,18+/m1/s1. The number of anilines is 1. The first kappa shape index (κ1) is 16.1. The molecule has 0 aromatic heterocycles. The molecule has 2 atom stereocenters. The third-order valence-corrected chi connectivity index (χ3v) is 5.43. The molecular weight excluding hydrogens is 322 g/mol. The van der Waals surface area contributed by atoms with E-state index in [0.717, 1.165) is 11.3 Å². The van der Waals surface area contributed by atoms with Gasteiger partial charge in [-0.05, 0) is 31.9 Å². The van der Waals surface area contributed by atoms with Crippen molar-refractivity contribution in [1.29, 1.82) is 0 Å². The molecule has 25 heavy (non-hydrogen) atoms. The lowest BCUT2D eigenvalue weighted by atomic mass is 9.68. The van der Waals surface area contributed by atoms with E-state index < -0.39 is 29.3 Å². The highest BCUT2D eigenvalue weighted by atomic mass is 16.5. The van der Waals surface area contributed by atoms with Crippen molar-refractivity contribution in [1.82, 2.24) is 10.2 Å². The minimum absolute atomic E-state index is 0.273. The van der Waals surface area contributed by atoms with E-state index in [0.29, 0.717) is 13.2 Å². The lowest BCUT2D eigenvalue weighted by Gasteiger charge is -2.53. The Morgan fingerprint density at radius 3 is 2.76 bits per heavy atom. The van der Waals surface area contributed by atoms with Crippen LogP contribution < -0.4 is 10.2 Å². The summed E-state index contributed by atoms with van der Waals surface area (Å²) in [4.78, 5) is 41.8. The minimum atomic E-state index is -1.34. The quantitative estimate of drug-likeness (QED) is 0.767. The SMILES string of the molecule is CC(C)N1C(=O)NC(=O)[C@@]2(Cc3ccccc3N3CCOC[C@@H]32)C1=O. The number of benzene rings is 1. The molecule has 0 saturated carbocycles. The summed E-state index contributed by atoms with van der Waals surface area (Å²) in [7, 11) is 0. The van der Waals surface area contributed by atoms with Gasteiger partial charge < -0.3 is 9.64 Å². The van der Waals surface area contributed by atoms with Crippen LogP contribution in [0.3, 0.4) is 0 Å². The predicted molar refractivity (Wildman–Crippen MR) is 90.1 cm³/mol. The topological polar surface area (TPSA) is 79.0 Å². The van der Waals surface area contributed by atoms with Crippen molar-refractivity contribution < 1.29 is 19.1 Å². The first-order valence-corrected chi connectivity index (χ1v) is 8.58. The third kappa shape index (κ3) is 2.12. The second-order valence-electron chi connectivity index (χ2n) is 7.09. The van der Waals surface area contributed by atoms with Crippen molar-refractivity contribution in [2.45, 2.75) is 32.4 Å². The average Bonchev–Trinajstić information content (AvgIpc) is 2.59. The van der Waals surface area contributed by atoms with Crippen molar-refractivity contribution >= 4 is 23.5 Å². The molecule has 0 radical (unpaired) electrons. The number of urea groups is 1. The van der Waals surface area contributed by atoms with Crippen LogP contribution >= 0.6 is 0 Å². The molecule has 4 amide bonds. The number of morpholine rings is 1. The van der Waals surface area contributed by atoms with Crippen LogP contribution in [-0.2, 0) is 20.7 Å². The molecule has 3 aliphatic heterocycles. The minimum Gasteiger partial charge on any atom is -0.377 e. The number of hydrogen-bond donors (Lipinski definition) is 1. The molecule has 0 aliphatic carbocycles. The van der Waals surface area contributed by atoms with Gasteiger partial charge in [-0.25, -0.2) is 4.79 Å². The van der Waals surface area contributed by atoms with Crippen LogP contribution in [0.25, 0.3) is 0 Å². The van der Waals surface area contributed by atoms with Gasteiger partial charge in [-0.3, -0.25) is 19.8 Å². The molecule has 3 heterocycles. The smallest absolute Gasteiger partial charge is 0.331 e. The van der Waals surface area contributed by atoms with Crippen molar-refractivity contribution in [3.05, 3.63) is 29.8 Å². The molecule has 132 valence electrons. The fourth-order valence-electron chi connectivity index (χ4n) is 4.25. The summed E-state index contributed by atoms with van der Waals surface area (Å²) in [5.74, 6) is -0.944. The fraction of sp³-hybridized carbons (Fsp3) is 0.500. The molecule has 2 fully saturated rings. The van der Waals surface area contributed by atoms with Gasteiger partial charge in [0.05, 0.1) is 19.3 Å². The molecule has 1 N–H and O–H groups in total. The van der Waals surface area contributed by atoms with Gasteiger partial charge in [0.15, 0.2) is 5.41 Å². The van der Waals surface area contributed by atoms with E-state index in [4.69, 9.17) is 4.74 Å². The van der Waals surface area contributed by atoms with Gasteiger partial charge in [0, 0.05) is 18.3 Å². The number of carbonyl (C=O) groups excluding carboxylic acids is 3. The van der Waals surface area contributed by atoms with Crippen LogP contribution in [0.15, 0.2) is 24.3 Å². The molecule has 3 aliphatic rings. The molecule has 1 spiro atoms. The van der Waals surface area contributed by atoms with Gasteiger partial charge >= 0.3 is 6.03 Å². The van der Waals surface area contributed by atoms with Crippen molar-refractivity contribution in [3.63, 3.8) is 0 Å². The molecular formula is C18H21N3O4. The zero-order chi connectivity index (χ0) is 17.8. The summed E-state index contributed by atoms with van der Waals surface area (Å²) in [6, 6.07) is 6.43. The zero-order valence-electron chi connectivity index (χ0n) is 14.3. The molecule has 4 rings (SSSR count). The molecule has 7 nitrogen and oxygen atoms in total. The summed E-state index contributed by atoms with van der Waals surface area (Å²) in [5, 5.41) is 2.41. The summed E-state index contributed by atoms with van der Waals surface area (Å²) in [5.41, 5.74) is 0.643. The van der Waals surface area contributed by atoms with E-state index in [2.05, 4.69) is 10.2 Å². The van der Waals surface area contributed by atoms with Crippen LogP contribution in [-0.4, -0.2) is 54.6 Å². The van der Waals surface area contributed by atoms with E-state index in [1.165, 1.54) is 4.90 Å². The van der Waals surface area contributed by atoms with E-state index in [1.807, 2.05) is 24.3 Å². The lowest BCUT2D eigenvalue weighted by Crippen LogP contribution is -2.74. The number of barbiturate groups is 1. The van der Waals surface area contributed by atoms with Crippen LogP contribution in [0.2, 0.25) is 0 Å². The number of ether oxygens (including phenoxy) is 1. The van der Waals surface area contributed by atoms with Gasteiger partial charge in [-0.15, -0.1) is 0 Å². The normalized spacial score (nSPS) is 28.9. The van der Waals surface area contributed by atoms with Crippen LogP contribution in [0.4, 0.5) is 10.5 Å². The molecule has 0 unspecified atom stereocenters. The summed E-state index contributed by atoms with van der Waals surface area (Å²) >= 11 is 0. The van der Waals surface area contributed by atoms with Gasteiger partial charge in [0.25, 0.3) is 0 Å². The Balaban J connectivity index is 1.88. The van der Waals surface area contributed by atoms with E-state index in [9.17, 15) is 14.4 Å². The highest BCUT2D eigenvalue weighted by Gasteiger charge is 2.62. The molecule has 1 aromatic rings. The second-order valence-corrected chi connectivity index (χ2v) is 7.09. The van der Waals surface area contributed by atoms with Gasteiger partial charge in [-0.1, -0.05) is 18.2 Å². The van der Waals surface area contributed by atoms with Crippen LogP contribution in [0.5, 0.6) is 0 Å². The number of fused-ring (bicyclic) bond motifs is 4. The monoisotopic (exact) mass is 343 g/mol. The maximum atomic E-state index is 13.4. The Morgan fingerprint density at radius 1 is 1.24 bits per heavy atom. The predicted octanol–water partition coefficient (Wildman–Crippen LogP) is 0.921. The maximum Gasteiger partial charge on any atom is 0.331 e. The number of rotatable bonds is 1. The lowest BCUT2D eigenvalue weighted by molar-refractivity contribution is -0.157. The Kier molecular flexibility index (Phi) is 3.57. The van der Waals surface area contributed by atoms with E-state index in [-0.39, 0.29) is 19.1 Å². The Bertz CT molecular complexity index is 762. The van der Waals surface area contributed by atoms with Crippen molar-refractivity contribution in [3.8, 4) is 0 Å². The molecule has 7 heteroatoms. The molecule has 2 saturated heterocycles. The Morgan fingerprint density at radius 2 is 2.00 bits per heavy atom. The van der Waals surface area contributed by atoms with Gasteiger partial charge in [0.1, 0.15) is 0 Å². The highest BCUT2D eigenvalue weighted by molar-refractivity contribution is 6.20. The van der Waals surface area contributed by atoms with Crippen LogP contribution in [0.1, 0.15) is 19.4 Å². The highest BCUT2D eigenvalue weighted by Crippen LogP contribution is 2.45. The van der Waals surface area contributed by atoms with Gasteiger partial charge in [0.2, 0.25) is 11.8 Å². The number of para-hydroxylation sites is 1. The third-order valence-electron chi connectivity index (χ3n) is 5.43. The number of imide groups is 2. The first-order chi connectivity index (χ1) is 12.0. The molecule has 0 bridgehead atoms. The summed E-state index contributed by atoms with van der Waals surface area (Å²) < 4.78 is 5.62. The summed E-state index contributed by atoms with van der Waals surface area (Å²) in [6.07, 6.45) is 0.273. The van der Waals surface area contributed by atoms with E-state index in [1.54, 1.807) is 13.8 Å². The molecule has 1 aromatic carbocycles. The maximum absolute atomic E-state index is 13.4. The average molecular weight is 343 g/mol. The second kappa shape index (κ2) is 5.56. The van der Waals surface area contributed by atoms with Gasteiger partial charge in [-0.2, -0.15) is 0 Å². The number of carbonyl (C=O) groups is 3. The Labute approximate surface area is 145 Å². The number of hydrogen-bond acceptors (Lipinski definition) is 5. The van der Waals surface area contributed by atoms with Crippen molar-refractivity contribution in [2.75, 3.05) is 24.7 Å². The number of amides is 4. The van der Waals surface area contributed by atoms with Crippen LogP contribution in [0, 0.1) is 5.41 Å². The zero-order valence-corrected chi connectivity index (χ0v) is 14.3.